The maximum absolute atomic E-state index is 11.7. The lowest BCUT2D eigenvalue weighted by Gasteiger charge is -2.09. The standard InChI is InChI=1S/C16H22O3/c1-11(2)15(17)9-13-6-5-7-14(8-13)19-10-16(18)12(3)4/h5-8,11-12H,9-10H2,1-4H3. The van der Waals surface area contributed by atoms with Crippen LogP contribution in [0.1, 0.15) is 33.3 Å². The summed E-state index contributed by atoms with van der Waals surface area (Å²) in [6.45, 7) is 7.57. The van der Waals surface area contributed by atoms with Crippen LogP contribution in [0.25, 0.3) is 0 Å². The summed E-state index contributed by atoms with van der Waals surface area (Å²) in [5.74, 6) is 0.930. The first kappa shape index (κ1) is 15.4. The maximum atomic E-state index is 11.7. The number of carbonyl (C=O) groups is 2. The van der Waals surface area contributed by atoms with Gasteiger partial charge >= 0.3 is 0 Å². The second-order valence-corrected chi connectivity index (χ2v) is 5.35. The molecule has 1 rings (SSSR count). The van der Waals surface area contributed by atoms with Gasteiger partial charge in [0.15, 0.2) is 5.78 Å². The number of ether oxygens (including phenoxy) is 1. The van der Waals surface area contributed by atoms with Crippen molar-refractivity contribution in [2.75, 3.05) is 6.61 Å². The van der Waals surface area contributed by atoms with Gasteiger partial charge in [0, 0.05) is 18.3 Å². The normalized spacial score (nSPS) is 10.8. The molecule has 3 nitrogen and oxygen atoms in total. The molecule has 0 aromatic heterocycles. The van der Waals surface area contributed by atoms with Crippen molar-refractivity contribution >= 4 is 11.6 Å². The Hall–Kier alpha value is -1.64. The Morgan fingerprint density at radius 2 is 1.68 bits per heavy atom. The number of benzene rings is 1. The Labute approximate surface area is 115 Å². The fourth-order valence-electron chi connectivity index (χ4n) is 1.47. The van der Waals surface area contributed by atoms with Crippen molar-refractivity contribution in [2.24, 2.45) is 11.8 Å². The summed E-state index contributed by atoms with van der Waals surface area (Å²) in [4.78, 5) is 23.2. The summed E-state index contributed by atoms with van der Waals surface area (Å²) in [7, 11) is 0. The fraction of sp³-hybridized carbons (Fsp3) is 0.500. The first-order chi connectivity index (χ1) is 8.90. The minimum atomic E-state index is -0.0225. The number of hydrogen-bond acceptors (Lipinski definition) is 3. The highest BCUT2D eigenvalue weighted by Crippen LogP contribution is 2.15. The highest BCUT2D eigenvalue weighted by molar-refractivity contribution is 5.83. The molecule has 3 heteroatoms. The van der Waals surface area contributed by atoms with E-state index in [0.29, 0.717) is 12.2 Å². The minimum Gasteiger partial charge on any atom is -0.486 e. The highest BCUT2D eigenvalue weighted by Gasteiger charge is 2.10. The smallest absolute Gasteiger partial charge is 0.172 e. The van der Waals surface area contributed by atoms with Crippen molar-refractivity contribution < 1.29 is 14.3 Å². The van der Waals surface area contributed by atoms with E-state index in [1.54, 1.807) is 6.07 Å². The molecular weight excluding hydrogens is 240 g/mol. The first-order valence-electron chi connectivity index (χ1n) is 6.67. The quantitative estimate of drug-likeness (QED) is 0.758. The predicted octanol–water partition coefficient (Wildman–Crippen LogP) is 3.06. The molecule has 104 valence electrons. The third-order valence-corrected chi connectivity index (χ3v) is 2.95. The van der Waals surface area contributed by atoms with Crippen LogP contribution in [0.15, 0.2) is 24.3 Å². The fourth-order valence-corrected chi connectivity index (χ4v) is 1.47. The number of Topliss-reactive ketones (excluding diaryl/α,β-unsaturated/α-hetero) is 2. The maximum Gasteiger partial charge on any atom is 0.172 e. The van der Waals surface area contributed by atoms with Gasteiger partial charge in [-0.05, 0) is 17.7 Å². The van der Waals surface area contributed by atoms with Gasteiger partial charge in [-0.25, -0.2) is 0 Å². The second-order valence-electron chi connectivity index (χ2n) is 5.35. The van der Waals surface area contributed by atoms with Crippen molar-refractivity contribution in [1.29, 1.82) is 0 Å². The molecule has 0 fully saturated rings. The number of rotatable bonds is 7. The van der Waals surface area contributed by atoms with Gasteiger partial charge in [-0.1, -0.05) is 39.8 Å². The first-order valence-corrected chi connectivity index (χ1v) is 6.67. The van der Waals surface area contributed by atoms with Gasteiger partial charge in [-0.15, -0.1) is 0 Å². The lowest BCUT2D eigenvalue weighted by Crippen LogP contribution is -2.17. The van der Waals surface area contributed by atoms with E-state index >= 15 is 0 Å². The van der Waals surface area contributed by atoms with Crippen LogP contribution >= 0.6 is 0 Å². The average molecular weight is 262 g/mol. The zero-order valence-electron chi connectivity index (χ0n) is 12.1. The van der Waals surface area contributed by atoms with Crippen molar-refractivity contribution in [1.82, 2.24) is 0 Å². The molecule has 0 bridgehead atoms. The SMILES string of the molecule is CC(C)C(=O)COc1cccc(CC(=O)C(C)C)c1. The molecular formula is C16H22O3. The van der Waals surface area contributed by atoms with E-state index in [4.69, 9.17) is 4.74 Å². The summed E-state index contributed by atoms with van der Waals surface area (Å²) in [5.41, 5.74) is 0.924. The zero-order chi connectivity index (χ0) is 14.4. The van der Waals surface area contributed by atoms with Gasteiger partial charge in [0.1, 0.15) is 18.1 Å². The van der Waals surface area contributed by atoms with Gasteiger partial charge in [-0.3, -0.25) is 9.59 Å². The number of carbonyl (C=O) groups excluding carboxylic acids is 2. The van der Waals surface area contributed by atoms with E-state index in [-0.39, 0.29) is 30.0 Å². The largest absolute Gasteiger partial charge is 0.486 e. The molecule has 0 N–H and O–H groups in total. The average Bonchev–Trinajstić information content (AvgIpc) is 2.36. The van der Waals surface area contributed by atoms with Gasteiger partial charge < -0.3 is 4.74 Å². The molecule has 1 aromatic rings. The molecule has 0 amide bonds. The molecule has 0 spiro atoms. The van der Waals surface area contributed by atoms with E-state index in [2.05, 4.69) is 0 Å². The van der Waals surface area contributed by atoms with E-state index in [9.17, 15) is 9.59 Å². The summed E-state index contributed by atoms with van der Waals surface area (Å²) in [5, 5.41) is 0. The molecule has 1 aromatic carbocycles. The molecule has 0 aliphatic carbocycles. The predicted molar refractivity (Wildman–Crippen MR) is 75.3 cm³/mol. The molecule has 19 heavy (non-hydrogen) atoms. The Bertz CT molecular complexity index is 447. The Kier molecular flexibility index (Phi) is 5.74. The zero-order valence-corrected chi connectivity index (χ0v) is 12.1. The highest BCUT2D eigenvalue weighted by atomic mass is 16.5. The summed E-state index contributed by atoms with van der Waals surface area (Å²) < 4.78 is 5.45. The van der Waals surface area contributed by atoms with E-state index in [0.717, 1.165) is 5.56 Å². The summed E-state index contributed by atoms with van der Waals surface area (Å²) in [6, 6.07) is 7.38. The monoisotopic (exact) mass is 262 g/mol. The molecule has 0 heterocycles. The molecule has 0 aliphatic heterocycles. The van der Waals surface area contributed by atoms with Crippen molar-refractivity contribution in [3.8, 4) is 5.75 Å². The van der Waals surface area contributed by atoms with Crippen molar-refractivity contribution in [2.45, 2.75) is 34.1 Å². The topological polar surface area (TPSA) is 43.4 Å². The molecule has 0 aliphatic rings. The lowest BCUT2D eigenvalue weighted by molar-refractivity contribution is -0.124. The van der Waals surface area contributed by atoms with Gasteiger partial charge in [0.2, 0.25) is 0 Å². The Balaban J connectivity index is 2.62. The molecule has 0 atom stereocenters. The third kappa shape index (κ3) is 5.25. The summed E-state index contributed by atoms with van der Waals surface area (Å²) in [6.07, 6.45) is 0.410. The molecule has 0 saturated carbocycles. The van der Waals surface area contributed by atoms with Crippen LogP contribution in [0.5, 0.6) is 5.75 Å². The Morgan fingerprint density at radius 1 is 1.05 bits per heavy atom. The van der Waals surface area contributed by atoms with Crippen LogP contribution in [-0.4, -0.2) is 18.2 Å². The van der Waals surface area contributed by atoms with E-state index in [1.807, 2.05) is 45.9 Å². The van der Waals surface area contributed by atoms with Gasteiger partial charge in [-0.2, -0.15) is 0 Å². The summed E-state index contributed by atoms with van der Waals surface area (Å²) >= 11 is 0. The minimum absolute atomic E-state index is 0.0225. The Morgan fingerprint density at radius 3 is 2.26 bits per heavy atom. The van der Waals surface area contributed by atoms with Crippen LogP contribution in [0.4, 0.5) is 0 Å². The van der Waals surface area contributed by atoms with E-state index < -0.39 is 0 Å². The van der Waals surface area contributed by atoms with Crippen LogP contribution in [-0.2, 0) is 16.0 Å². The molecule has 0 saturated heterocycles. The number of hydrogen-bond donors (Lipinski definition) is 0. The van der Waals surface area contributed by atoms with Crippen LogP contribution in [0, 0.1) is 11.8 Å². The van der Waals surface area contributed by atoms with E-state index in [1.165, 1.54) is 0 Å². The molecule has 0 unspecified atom stereocenters. The van der Waals surface area contributed by atoms with Crippen LogP contribution < -0.4 is 4.74 Å². The van der Waals surface area contributed by atoms with Crippen molar-refractivity contribution in [3.05, 3.63) is 29.8 Å². The molecule has 0 radical (unpaired) electrons. The second kappa shape index (κ2) is 7.07. The van der Waals surface area contributed by atoms with Crippen LogP contribution in [0.3, 0.4) is 0 Å². The lowest BCUT2D eigenvalue weighted by atomic mass is 10.0. The van der Waals surface area contributed by atoms with Gasteiger partial charge in [0.05, 0.1) is 0 Å². The van der Waals surface area contributed by atoms with Crippen molar-refractivity contribution in [3.63, 3.8) is 0 Å². The van der Waals surface area contributed by atoms with Gasteiger partial charge in [0.25, 0.3) is 0 Å². The number of ketones is 2. The third-order valence-electron chi connectivity index (χ3n) is 2.95. The van der Waals surface area contributed by atoms with Crippen LogP contribution in [0.2, 0.25) is 0 Å².